The van der Waals surface area contributed by atoms with E-state index in [1.165, 1.54) is 0 Å². The molecule has 2 nitrogen and oxygen atoms in total. The zero-order valence-corrected chi connectivity index (χ0v) is 8.13. The Labute approximate surface area is 90.4 Å². The summed E-state index contributed by atoms with van der Waals surface area (Å²) in [7, 11) is 0. The summed E-state index contributed by atoms with van der Waals surface area (Å²) >= 11 is 0. The monoisotopic (exact) mass is 325 g/mol. The molecule has 0 saturated heterocycles. The van der Waals surface area contributed by atoms with Crippen molar-refractivity contribution < 1.29 is 92.6 Å². The van der Waals surface area contributed by atoms with E-state index in [0.717, 1.165) is 0 Å². The first-order valence-electron chi connectivity index (χ1n) is 0. The van der Waals surface area contributed by atoms with Gasteiger partial charge >= 0.3 is 81.7 Å². The van der Waals surface area contributed by atoms with E-state index >= 15 is 0 Å². The Hall–Kier alpha value is 2.62. The summed E-state index contributed by atoms with van der Waals surface area (Å²) in [6, 6.07) is 0. The quantitative estimate of drug-likeness (QED) is 0.591. The molecule has 0 N–H and O–H groups in total. The molecule has 0 aromatic heterocycles. The van der Waals surface area contributed by atoms with Crippen LogP contribution in [0.25, 0.3) is 0 Å². The maximum atomic E-state index is 0. The molecule has 0 aromatic carbocycles. The number of rotatable bonds is 0. The van der Waals surface area contributed by atoms with Crippen LogP contribution in [0, 0.1) is 81.7 Å². The van der Waals surface area contributed by atoms with Crippen molar-refractivity contribution in [1.82, 2.24) is 0 Å². The average molecular weight is 323 g/mol. The van der Waals surface area contributed by atoms with Crippen molar-refractivity contribution in [2.24, 2.45) is 0 Å². The number of hydrogen-bond acceptors (Lipinski definition) is 0. The van der Waals surface area contributed by atoms with Crippen LogP contribution >= 0.6 is 0 Å². The molecular weight excluding hydrogens is 323 g/mol. The summed E-state index contributed by atoms with van der Waals surface area (Å²) < 4.78 is 0. The van der Waals surface area contributed by atoms with Crippen molar-refractivity contribution >= 4 is 0 Å². The van der Waals surface area contributed by atoms with Crippen LogP contribution in [-0.2, 0) is 11.0 Å². The van der Waals surface area contributed by atoms with Gasteiger partial charge in [-0.05, 0) is 0 Å². The van der Waals surface area contributed by atoms with Gasteiger partial charge in [0.05, 0.1) is 0 Å². The predicted molar refractivity (Wildman–Crippen MR) is 1.37 cm³/mol. The summed E-state index contributed by atoms with van der Waals surface area (Å²) in [6.45, 7) is 0. The van der Waals surface area contributed by atoms with E-state index in [-0.39, 0.29) is 92.6 Å². The van der Waals surface area contributed by atoms with Gasteiger partial charge in [-0.15, -0.1) is 0 Å². The van der Waals surface area contributed by atoms with Gasteiger partial charge < -0.3 is 11.0 Å². The van der Waals surface area contributed by atoms with E-state index < -0.39 is 0 Å². The van der Waals surface area contributed by atoms with Crippen LogP contribution in [0.15, 0.2) is 0 Å². The third kappa shape index (κ3) is 8.82. The molecule has 0 bridgehead atoms. The van der Waals surface area contributed by atoms with Gasteiger partial charge in [0.2, 0.25) is 0 Å². The second-order valence-electron chi connectivity index (χ2n) is 0. The third-order valence-corrected chi connectivity index (χ3v) is 0. The zero-order valence-electron chi connectivity index (χ0n) is 1.80. The fourth-order valence-electron chi connectivity index (χ4n) is 0. The molecule has 0 saturated carbocycles. The second kappa shape index (κ2) is 17.5. The molecule has 0 heterocycles. The molecule has 0 fully saturated rings. The van der Waals surface area contributed by atoms with E-state index in [2.05, 4.69) is 0 Å². The fourth-order valence-corrected chi connectivity index (χ4v) is 0. The zero-order chi connectivity index (χ0) is 0. The smallest absolute Gasteiger partial charge is 2.00 e. The first kappa shape index (κ1) is 30.4. The average Bonchev–Trinajstić information content (AvgIpc) is 0. The molecule has 0 amide bonds. The van der Waals surface area contributed by atoms with E-state index in [4.69, 9.17) is 0 Å². The molecule has 0 aliphatic rings. The molecule has 0 aliphatic carbocycles. The first-order valence-corrected chi connectivity index (χ1v) is 0. The maximum Gasteiger partial charge on any atom is 3.00 e. The Bertz CT molecular complexity index is 6.00. The van der Waals surface area contributed by atoms with Gasteiger partial charge in [-0.2, -0.15) is 0 Å². The Balaban J connectivity index is 0. The molecule has 0 atom stereocenters. The summed E-state index contributed by atoms with van der Waals surface area (Å²) in [5, 5.41) is 0. The Morgan fingerprint density at radius 2 is 0.750 bits per heavy atom. The van der Waals surface area contributed by atoms with E-state index in [0.29, 0.717) is 0 Å². The van der Waals surface area contributed by atoms with Crippen LogP contribution in [0.3, 0.4) is 0 Å². The predicted octanol–water partition coefficient (Wildman–Crippen LogP) is -0.238. The minimum atomic E-state index is 0. The number of hydrogen-bond donors (Lipinski definition) is 0. The molecule has 0 aromatic rings. The third-order valence-electron chi connectivity index (χ3n) is 0. The van der Waals surface area contributed by atoms with Crippen molar-refractivity contribution in [3.63, 3.8) is 0 Å². The second-order valence-corrected chi connectivity index (χ2v) is 0. The topological polar surface area (TPSA) is 57.0 Å². The van der Waals surface area contributed by atoms with Crippen molar-refractivity contribution in [3.05, 3.63) is 0 Å². The van der Waals surface area contributed by atoms with Crippen molar-refractivity contribution in [2.75, 3.05) is 0 Å². The summed E-state index contributed by atoms with van der Waals surface area (Å²) in [4.78, 5) is 0. The molecule has 4 heavy (non-hydrogen) atoms. The maximum absolute atomic E-state index is 0. The first-order chi connectivity index (χ1) is 0. The largest absolute Gasteiger partial charge is 3.00 e. The van der Waals surface area contributed by atoms with Crippen LogP contribution in [0.1, 0.15) is 0 Å². The minimum absolute atomic E-state index is 0. The Kier molecular flexibility index (Phi) is 133. The molecule has 4 heteroatoms. The van der Waals surface area contributed by atoms with Gasteiger partial charge in [0.25, 0.3) is 0 Å². The van der Waals surface area contributed by atoms with Crippen molar-refractivity contribution in [3.8, 4) is 0 Å². The van der Waals surface area contributed by atoms with Gasteiger partial charge in [-0.25, -0.2) is 0 Å². The van der Waals surface area contributed by atoms with Gasteiger partial charge in [-0.3, -0.25) is 0 Å². The summed E-state index contributed by atoms with van der Waals surface area (Å²) in [6.07, 6.45) is 0. The molecule has 0 spiro atoms. The van der Waals surface area contributed by atoms with Crippen LogP contribution in [0.2, 0.25) is 0 Å². The van der Waals surface area contributed by atoms with Crippen molar-refractivity contribution in [2.45, 2.75) is 0 Å². The Morgan fingerprint density at radius 1 is 0.750 bits per heavy atom. The van der Waals surface area contributed by atoms with Gasteiger partial charge in [0.15, 0.2) is 0 Å². The molecule has 0 rings (SSSR count). The van der Waals surface area contributed by atoms with Gasteiger partial charge in [-0.1, -0.05) is 0 Å². The molecule has 0 aliphatic heterocycles. The molecular formula is O2PrSm+2. The Morgan fingerprint density at radius 3 is 0.750 bits per heavy atom. The van der Waals surface area contributed by atoms with Crippen LogP contribution in [0.4, 0.5) is 0 Å². The standard InChI is InChI=1S/2O.Pr.Sm/q2*-2;2*+3. The van der Waals surface area contributed by atoms with Crippen LogP contribution in [-0.4, -0.2) is 0 Å². The molecule has 19 valence electrons. The van der Waals surface area contributed by atoms with Gasteiger partial charge in [0.1, 0.15) is 0 Å². The fraction of sp³-hybridized carbons (Fsp3) is 0. The summed E-state index contributed by atoms with van der Waals surface area (Å²) in [5.41, 5.74) is 0. The van der Waals surface area contributed by atoms with Crippen LogP contribution in [0.5, 0.6) is 0 Å². The van der Waals surface area contributed by atoms with Crippen LogP contribution < -0.4 is 0 Å². The normalized spacial score (nSPS) is 0. The van der Waals surface area contributed by atoms with Crippen molar-refractivity contribution in [1.29, 1.82) is 0 Å². The molecule has 1 radical (unpaired) electrons. The van der Waals surface area contributed by atoms with E-state index in [9.17, 15) is 0 Å². The summed E-state index contributed by atoms with van der Waals surface area (Å²) in [5.74, 6) is 0. The van der Waals surface area contributed by atoms with Gasteiger partial charge in [0, 0.05) is 0 Å². The minimum Gasteiger partial charge on any atom is -2.00 e. The van der Waals surface area contributed by atoms with E-state index in [1.807, 2.05) is 0 Å². The SMILES string of the molecule is [O-2].[O-2].[Pr+3].[Sm+3]. The molecule has 0 unspecified atom stereocenters. The van der Waals surface area contributed by atoms with E-state index in [1.54, 1.807) is 0 Å².